The van der Waals surface area contributed by atoms with Crippen LogP contribution in [0.5, 0.6) is 0 Å². The molecule has 162 valence electrons. The Balaban J connectivity index is 1.76. The second kappa shape index (κ2) is 8.97. The average Bonchev–Trinajstić information content (AvgIpc) is 2.75. The van der Waals surface area contributed by atoms with E-state index in [1.54, 1.807) is 12.1 Å². The predicted octanol–water partition coefficient (Wildman–Crippen LogP) is 5.78. The summed E-state index contributed by atoms with van der Waals surface area (Å²) in [6.07, 6.45) is 0. The summed E-state index contributed by atoms with van der Waals surface area (Å²) in [5.74, 6) is -0.882. The third kappa shape index (κ3) is 4.58. The molecule has 0 aliphatic rings. The Morgan fingerprint density at radius 2 is 1.72 bits per heavy atom. The Hall–Kier alpha value is -3.44. The van der Waals surface area contributed by atoms with Crippen LogP contribution in [0.25, 0.3) is 10.9 Å². The number of carbonyl (C=O) groups is 1. The van der Waals surface area contributed by atoms with Crippen molar-refractivity contribution in [3.8, 4) is 0 Å². The normalized spacial score (nSPS) is 11.0. The molecule has 32 heavy (non-hydrogen) atoms. The van der Waals surface area contributed by atoms with Crippen LogP contribution in [0.4, 0.5) is 4.39 Å². The van der Waals surface area contributed by atoms with Gasteiger partial charge in [-0.1, -0.05) is 41.9 Å². The van der Waals surface area contributed by atoms with Gasteiger partial charge in [0, 0.05) is 33.6 Å². The maximum atomic E-state index is 13.8. The first-order chi connectivity index (χ1) is 15.3. The van der Waals surface area contributed by atoms with Gasteiger partial charge in [-0.2, -0.15) is 0 Å². The molecule has 0 saturated carbocycles. The number of benzene rings is 3. The Morgan fingerprint density at radius 1 is 0.969 bits per heavy atom. The number of halogens is 2. The molecule has 0 aliphatic carbocycles. The lowest BCUT2D eigenvalue weighted by Crippen LogP contribution is -2.32. The van der Waals surface area contributed by atoms with Gasteiger partial charge in [-0.15, -0.1) is 0 Å². The van der Waals surface area contributed by atoms with Crippen molar-refractivity contribution in [3.05, 3.63) is 116 Å². The van der Waals surface area contributed by atoms with Crippen LogP contribution in [0.15, 0.2) is 71.5 Å². The minimum absolute atomic E-state index is 0.0547. The quantitative estimate of drug-likeness (QED) is 0.420. The van der Waals surface area contributed by atoms with Crippen LogP contribution in [0, 0.1) is 19.7 Å². The summed E-state index contributed by atoms with van der Waals surface area (Å²) in [5, 5.41) is 1.43. The summed E-state index contributed by atoms with van der Waals surface area (Å²) >= 11 is 6.33. The molecule has 0 aliphatic heterocycles. The van der Waals surface area contributed by atoms with Crippen LogP contribution in [0.1, 0.15) is 32.6 Å². The number of aromatic nitrogens is 1. The van der Waals surface area contributed by atoms with Gasteiger partial charge in [0.25, 0.3) is 11.5 Å². The highest BCUT2D eigenvalue weighted by molar-refractivity contribution is 6.31. The zero-order chi connectivity index (χ0) is 22.8. The molecule has 6 heteroatoms. The molecule has 4 nitrogen and oxygen atoms in total. The fourth-order valence-corrected chi connectivity index (χ4v) is 4.07. The first-order valence-corrected chi connectivity index (χ1v) is 10.6. The minimum Gasteiger partial charge on any atom is -0.330 e. The van der Waals surface area contributed by atoms with Gasteiger partial charge in [-0.05, 0) is 66.9 Å². The summed E-state index contributed by atoms with van der Waals surface area (Å²) in [6, 6.07) is 18.5. The van der Waals surface area contributed by atoms with Crippen LogP contribution in [0.2, 0.25) is 5.02 Å². The number of aromatic amines is 1. The van der Waals surface area contributed by atoms with Gasteiger partial charge in [-0.25, -0.2) is 4.39 Å². The molecule has 1 amide bonds. The molecular formula is C26H22ClFN2O2. The van der Waals surface area contributed by atoms with Crippen LogP contribution in [0.3, 0.4) is 0 Å². The molecule has 0 bridgehead atoms. The number of hydrogen-bond donors (Lipinski definition) is 1. The predicted molar refractivity (Wildman–Crippen MR) is 125 cm³/mol. The van der Waals surface area contributed by atoms with E-state index in [4.69, 9.17) is 11.6 Å². The number of pyridine rings is 1. The molecule has 0 atom stereocenters. The van der Waals surface area contributed by atoms with Crippen LogP contribution >= 0.6 is 11.6 Å². The molecule has 4 aromatic rings. The van der Waals surface area contributed by atoms with Crippen molar-refractivity contribution >= 4 is 28.4 Å². The largest absolute Gasteiger partial charge is 0.330 e. The fraction of sp³-hybridized carbons (Fsp3) is 0.154. The number of amides is 1. The molecule has 0 fully saturated rings. The molecule has 3 aromatic carbocycles. The molecular weight excluding hydrogens is 427 g/mol. The van der Waals surface area contributed by atoms with Gasteiger partial charge < -0.3 is 9.88 Å². The van der Waals surface area contributed by atoms with E-state index in [0.717, 1.165) is 27.6 Å². The van der Waals surface area contributed by atoms with Crippen molar-refractivity contribution in [1.29, 1.82) is 0 Å². The Kier molecular flexibility index (Phi) is 6.10. The second-order valence-electron chi connectivity index (χ2n) is 7.93. The SMILES string of the molecule is Cc1cc(C)c2cc(CN(Cc3ccccc3Cl)C(=O)c3cccc(F)c3)c(=O)[nH]c2c1. The first kappa shape index (κ1) is 21.8. The van der Waals surface area contributed by atoms with Crippen molar-refractivity contribution < 1.29 is 9.18 Å². The minimum atomic E-state index is -0.497. The van der Waals surface area contributed by atoms with Crippen molar-refractivity contribution in [2.45, 2.75) is 26.9 Å². The van der Waals surface area contributed by atoms with Crippen LogP contribution in [-0.2, 0) is 13.1 Å². The highest BCUT2D eigenvalue weighted by Crippen LogP contribution is 2.22. The summed E-state index contributed by atoms with van der Waals surface area (Å²) in [4.78, 5) is 30.6. The standard InChI is InChI=1S/C26H22ClFN2O2/c1-16-10-17(2)22-13-20(25(31)29-24(22)11-16)15-30(14-19-6-3-4-9-23(19)27)26(32)18-7-5-8-21(28)12-18/h3-13H,14-15H2,1-2H3,(H,29,31). The summed E-state index contributed by atoms with van der Waals surface area (Å²) < 4.78 is 13.8. The fourth-order valence-electron chi connectivity index (χ4n) is 3.88. The molecule has 0 saturated heterocycles. The number of hydrogen-bond acceptors (Lipinski definition) is 2. The Morgan fingerprint density at radius 3 is 2.47 bits per heavy atom. The molecule has 4 rings (SSSR count). The zero-order valence-electron chi connectivity index (χ0n) is 17.8. The molecule has 1 N–H and O–H groups in total. The van der Waals surface area contributed by atoms with E-state index in [0.29, 0.717) is 10.6 Å². The maximum Gasteiger partial charge on any atom is 0.254 e. The topological polar surface area (TPSA) is 53.2 Å². The van der Waals surface area contributed by atoms with E-state index in [-0.39, 0.29) is 30.1 Å². The number of aryl methyl sites for hydroxylation is 2. The van der Waals surface area contributed by atoms with Gasteiger partial charge in [0.15, 0.2) is 0 Å². The monoisotopic (exact) mass is 448 g/mol. The number of carbonyl (C=O) groups excluding carboxylic acids is 1. The van der Waals surface area contributed by atoms with E-state index >= 15 is 0 Å². The maximum absolute atomic E-state index is 13.8. The van der Waals surface area contributed by atoms with E-state index < -0.39 is 5.82 Å². The summed E-state index contributed by atoms with van der Waals surface area (Å²) in [6.45, 7) is 4.19. The Labute approximate surface area is 190 Å². The lowest BCUT2D eigenvalue weighted by Gasteiger charge is -2.24. The number of nitrogens with one attached hydrogen (secondary N) is 1. The number of nitrogens with zero attached hydrogens (tertiary/aromatic N) is 1. The first-order valence-electron chi connectivity index (χ1n) is 10.2. The van der Waals surface area contributed by atoms with Gasteiger partial charge in [0.05, 0.1) is 6.54 Å². The van der Waals surface area contributed by atoms with Gasteiger partial charge in [0.1, 0.15) is 5.82 Å². The smallest absolute Gasteiger partial charge is 0.254 e. The third-order valence-electron chi connectivity index (χ3n) is 5.43. The van der Waals surface area contributed by atoms with E-state index in [1.165, 1.54) is 23.1 Å². The highest BCUT2D eigenvalue weighted by Gasteiger charge is 2.20. The molecule has 1 heterocycles. The van der Waals surface area contributed by atoms with Crippen LogP contribution < -0.4 is 5.56 Å². The summed E-state index contributed by atoms with van der Waals surface area (Å²) in [7, 11) is 0. The number of H-pyrrole nitrogens is 1. The van der Waals surface area contributed by atoms with Crippen LogP contribution in [-0.4, -0.2) is 15.8 Å². The van der Waals surface area contributed by atoms with Crippen molar-refractivity contribution in [2.24, 2.45) is 0 Å². The van der Waals surface area contributed by atoms with Gasteiger partial charge >= 0.3 is 0 Å². The number of fused-ring (bicyclic) bond motifs is 1. The van der Waals surface area contributed by atoms with E-state index in [1.807, 2.05) is 50.2 Å². The molecule has 0 unspecified atom stereocenters. The average molecular weight is 449 g/mol. The zero-order valence-corrected chi connectivity index (χ0v) is 18.5. The lowest BCUT2D eigenvalue weighted by molar-refractivity contribution is 0.0729. The van der Waals surface area contributed by atoms with Gasteiger partial charge in [-0.3, -0.25) is 9.59 Å². The van der Waals surface area contributed by atoms with Crippen molar-refractivity contribution in [1.82, 2.24) is 9.88 Å². The second-order valence-corrected chi connectivity index (χ2v) is 8.34. The molecule has 0 spiro atoms. The Bertz CT molecular complexity index is 1380. The lowest BCUT2D eigenvalue weighted by atomic mass is 10.0. The molecule has 0 radical (unpaired) electrons. The van der Waals surface area contributed by atoms with Crippen molar-refractivity contribution in [3.63, 3.8) is 0 Å². The highest BCUT2D eigenvalue weighted by atomic mass is 35.5. The van der Waals surface area contributed by atoms with Crippen molar-refractivity contribution in [2.75, 3.05) is 0 Å². The van der Waals surface area contributed by atoms with E-state index in [2.05, 4.69) is 4.98 Å². The molecule has 1 aromatic heterocycles. The summed E-state index contributed by atoms with van der Waals surface area (Å²) in [5.41, 5.74) is 3.97. The van der Waals surface area contributed by atoms with E-state index in [9.17, 15) is 14.0 Å². The number of rotatable bonds is 5. The third-order valence-corrected chi connectivity index (χ3v) is 5.80. The van der Waals surface area contributed by atoms with Gasteiger partial charge in [0.2, 0.25) is 0 Å².